The van der Waals surface area contributed by atoms with Crippen LogP contribution >= 0.6 is 11.6 Å². The molecule has 0 spiro atoms. The number of halogens is 1. The van der Waals surface area contributed by atoms with Crippen molar-refractivity contribution in [1.29, 1.82) is 0 Å². The molecule has 31 heavy (non-hydrogen) atoms. The van der Waals surface area contributed by atoms with Gasteiger partial charge in [0, 0.05) is 40.7 Å². The number of primary amides is 1. The summed E-state index contributed by atoms with van der Waals surface area (Å²) in [6, 6.07) is 19.5. The number of hydrogen-bond donors (Lipinski definition) is 1. The molecule has 0 bridgehead atoms. The van der Waals surface area contributed by atoms with Gasteiger partial charge in [-0.25, -0.2) is 0 Å². The van der Waals surface area contributed by atoms with Crippen LogP contribution in [0.15, 0.2) is 66.7 Å². The lowest BCUT2D eigenvalue weighted by atomic mass is 9.97. The van der Waals surface area contributed by atoms with E-state index in [9.17, 15) is 9.59 Å². The number of methoxy groups -OCH3 is 1. The van der Waals surface area contributed by atoms with Crippen LogP contribution in [0.2, 0.25) is 5.02 Å². The Labute approximate surface area is 185 Å². The van der Waals surface area contributed by atoms with Gasteiger partial charge in [-0.05, 0) is 42.5 Å². The summed E-state index contributed by atoms with van der Waals surface area (Å²) in [4.78, 5) is 26.0. The zero-order valence-electron chi connectivity index (χ0n) is 16.9. The molecule has 2 N–H and O–H groups in total. The van der Waals surface area contributed by atoms with E-state index in [4.69, 9.17) is 26.8 Å². The van der Waals surface area contributed by atoms with E-state index in [0.29, 0.717) is 46.5 Å². The van der Waals surface area contributed by atoms with E-state index in [2.05, 4.69) is 0 Å². The van der Waals surface area contributed by atoms with Crippen LogP contribution in [0.5, 0.6) is 17.2 Å². The fraction of sp³-hybridized carbons (Fsp3) is 0.167. The summed E-state index contributed by atoms with van der Waals surface area (Å²) in [6.07, 6.45) is 0.310. The van der Waals surface area contributed by atoms with Crippen molar-refractivity contribution >= 4 is 29.1 Å². The average Bonchev–Trinajstić information content (AvgIpc) is 3.15. The first-order valence-corrected chi connectivity index (χ1v) is 10.1. The van der Waals surface area contributed by atoms with Gasteiger partial charge in [0.2, 0.25) is 11.8 Å². The smallest absolute Gasteiger partial charge is 0.248 e. The van der Waals surface area contributed by atoms with Crippen molar-refractivity contribution in [2.45, 2.75) is 12.3 Å². The van der Waals surface area contributed by atoms with E-state index in [1.165, 1.54) is 0 Å². The molecule has 1 aliphatic rings. The highest BCUT2D eigenvalue weighted by atomic mass is 35.5. The summed E-state index contributed by atoms with van der Waals surface area (Å²) in [7, 11) is 1.58. The molecule has 1 heterocycles. The SMILES string of the molecule is COc1ccccc1Oc1cc(Cl)ccc1C1CC(=O)N(c2cccc(C(N)=O)c2)C1. The van der Waals surface area contributed by atoms with Crippen LogP contribution in [0, 0.1) is 0 Å². The number of anilines is 1. The minimum Gasteiger partial charge on any atom is -0.493 e. The van der Waals surface area contributed by atoms with Gasteiger partial charge in [0.15, 0.2) is 11.5 Å². The van der Waals surface area contributed by atoms with Crippen LogP contribution < -0.4 is 20.1 Å². The average molecular weight is 437 g/mol. The number of hydrogen-bond acceptors (Lipinski definition) is 4. The second-order valence-electron chi connectivity index (χ2n) is 7.26. The monoisotopic (exact) mass is 436 g/mol. The number of nitrogens with two attached hydrogens (primary N) is 1. The summed E-state index contributed by atoms with van der Waals surface area (Å²) >= 11 is 6.23. The van der Waals surface area contributed by atoms with Crippen LogP contribution in [-0.4, -0.2) is 25.5 Å². The highest BCUT2D eigenvalue weighted by Gasteiger charge is 2.33. The van der Waals surface area contributed by atoms with Crippen LogP contribution in [0.3, 0.4) is 0 Å². The first-order valence-electron chi connectivity index (χ1n) is 9.77. The van der Waals surface area contributed by atoms with Crippen LogP contribution in [0.1, 0.15) is 28.3 Å². The predicted molar refractivity (Wildman–Crippen MR) is 119 cm³/mol. The first-order chi connectivity index (χ1) is 15.0. The lowest BCUT2D eigenvalue weighted by Crippen LogP contribution is -2.24. The molecule has 0 radical (unpaired) electrons. The third-order valence-electron chi connectivity index (χ3n) is 5.27. The lowest BCUT2D eigenvalue weighted by Gasteiger charge is -2.19. The summed E-state index contributed by atoms with van der Waals surface area (Å²) < 4.78 is 11.5. The second kappa shape index (κ2) is 8.70. The number of para-hydroxylation sites is 2. The Kier molecular flexibility index (Phi) is 5.82. The summed E-state index contributed by atoms with van der Waals surface area (Å²) in [6.45, 7) is 0.449. The maximum absolute atomic E-state index is 12.8. The molecular formula is C24H21ClN2O4. The molecule has 4 rings (SSSR count). The Balaban J connectivity index is 1.64. The zero-order chi connectivity index (χ0) is 22.0. The van der Waals surface area contributed by atoms with Gasteiger partial charge in [-0.1, -0.05) is 35.9 Å². The van der Waals surface area contributed by atoms with E-state index in [-0.39, 0.29) is 11.8 Å². The zero-order valence-corrected chi connectivity index (χ0v) is 17.6. The molecule has 3 aromatic carbocycles. The van der Waals surface area contributed by atoms with Crippen molar-refractivity contribution in [2.24, 2.45) is 5.73 Å². The molecule has 0 saturated carbocycles. The lowest BCUT2D eigenvalue weighted by molar-refractivity contribution is -0.117. The van der Waals surface area contributed by atoms with Gasteiger partial charge in [-0.15, -0.1) is 0 Å². The topological polar surface area (TPSA) is 81.9 Å². The molecule has 2 amide bonds. The van der Waals surface area contributed by atoms with Crippen molar-refractivity contribution < 1.29 is 19.1 Å². The van der Waals surface area contributed by atoms with Crippen LogP contribution in [-0.2, 0) is 4.79 Å². The Morgan fingerprint density at radius 2 is 1.81 bits per heavy atom. The Morgan fingerprint density at radius 1 is 1.03 bits per heavy atom. The highest BCUT2D eigenvalue weighted by Crippen LogP contribution is 2.41. The van der Waals surface area contributed by atoms with E-state index in [0.717, 1.165) is 5.56 Å². The van der Waals surface area contributed by atoms with E-state index in [1.54, 1.807) is 48.4 Å². The van der Waals surface area contributed by atoms with Gasteiger partial charge in [0.25, 0.3) is 0 Å². The number of carbonyl (C=O) groups is 2. The molecule has 1 saturated heterocycles. The number of benzene rings is 3. The van der Waals surface area contributed by atoms with Crippen molar-refractivity contribution in [3.63, 3.8) is 0 Å². The summed E-state index contributed by atoms with van der Waals surface area (Å²) in [5.74, 6) is 1.05. The molecule has 7 heteroatoms. The van der Waals surface area contributed by atoms with Crippen molar-refractivity contribution in [3.8, 4) is 17.2 Å². The standard InChI is InChI=1S/C24H21ClN2O4/c1-30-20-7-2-3-8-21(20)31-22-13-17(25)9-10-19(22)16-12-23(28)27(14-16)18-6-4-5-15(11-18)24(26)29/h2-11,13,16H,12,14H2,1H3,(H2,26,29). The number of carbonyl (C=O) groups excluding carboxylic acids is 2. The van der Waals surface area contributed by atoms with Crippen molar-refractivity contribution in [1.82, 2.24) is 0 Å². The second-order valence-corrected chi connectivity index (χ2v) is 7.69. The molecule has 0 aliphatic carbocycles. The molecule has 6 nitrogen and oxygen atoms in total. The Hall–Kier alpha value is -3.51. The van der Waals surface area contributed by atoms with Gasteiger partial charge in [-0.3, -0.25) is 9.59 Å². The van der Waals surface area contributed by atoms with Crippen LogP contribution in [0.4, 0.5) is 5.69 Å². The maximum atomic E-state index is 12.8. The normalized spacial score (nSPS) is 15.7. The first kappa shape index (κ1) is 20.8. The molecular weight excluding hydrogens is 416 g/mol. The number of nitrogens with zero attached hydrogens (tertiary/aromatic N) is 1. The fourth-order valence-corrected chi connectivity index (χ4v) is 3.91. The molecule has 3 aromatic rings. The fourth-order valence-electron chi connectivity index (χ4n) is 3.75. The van der Waals surface area contributed by atoms with Crippen LogP contribution in [0.25, 0.3) is 0 Å². The van der Waals surface area contributed by atoms with E-state index in [1.807, 2.05) is 30.3 Å². The number of amides is 2. The molecule has 1 aliphatic heterocycles. The molecule has 0 aromatic heterocycles. The van der Waals surface area contributed by atoms with Gasteiger partial charge >= 0.3 is 0 Å². The molecule has 1 fully saturated rings. The summed E-state index contributed by atoms with van der Waals surface area (Å²) in [5.41, 5.74) is 7.26. The minimum absolute atomic E-state index is 0.0372. The number of rotatable bonds is 6. The minimum atomic E-state index is -0.532. The Bertz CT molecular complexity index is 1150. The molecule has 1 atom stereocenters. The Morgan fingerprint density at radius 3 is 2.55 bits per heavy atom. The largest absolute Gasteiger partial charge is 0.493 e. The van der Waals surface area contributed by atoms with Crippen molar-refractivity contribution in [3.05, 3.63) is 82.9 Å². The summed E-state index contributed by atoms with van der Waals surface area (Å²) in [5, 5.41) is 0.531. The van der Waals surface area contributed by atoms with Gasteiger partial charge in [0.1, 0.15) is 5.75 Å². The van der Waals surface area contributed by atoms with Gasteiger partial charge in [0.05, 0.1) is 7.11 Å². The molecule has 1 unspecified atom stereocenters. The quantitative estimate of drug-likeness (QED) is 0.604. The van der Waals surface area contributed by atoms with Gasteiger partial charge in [-0.2, -0.15) is 0 Å². The van der Waals surface area contributed by atoms with Gasteiger partial charge < -0.3 is 20.1 Å². The predicted octanol–water partition coefficient (Wildman–Crippen LogP) is 4.76. The maximum Gasteiger partial charge on any atom is 0.248 e. The van der Waals surface area contributed by atoms with Crippen molar-refractivity contribution in [2.75, 3.05) is 18.6 Å². The highest BCUT2D eigenvalue weighted by molar-refractivity contribution is 6.30. The van der Waals surface area contributed by atoms with E-state index >= 15 is 0 Å². The third-order valence-corrected chi connectivity index (χ3v) is 5.51. The molecule has 158 valence electrons. The van der Waals surface area contributed by atoms with E-state index < -0.39 is 5.91 Å². The number of ether oxygens (including phenoxy) is 2. The third kappa shape index (κ3) is 4.34.